The molecule has 0 aromatic heterocycles. The fraction of sp³-hybridized carbons (Fsp3) is 0.950. The molecule has 2 nitrogen and oxygen atoms in total. The van der Waals surface area contributed by atoms with Gasteiger partial charge in [-0.25, -0.2) is 0 Å². The van der Waals surface area contributed by atoms with E-state index in [2.05, 4.69) is 6.92 Å². The third-order valence-corrected chi connectivity index (χ3v) is 4.49. The van der Waals surface area contributed by atoms with Crippen molar-refractivity contribution in [1.29, 1.82) is 0 Å². The molecule has 3 heteroatoms. The van der Waals surface area contributed by atoms with Crippen molar-refractivity contribution in [3.8, 4) is 0 Å². The van der Waals surface area contributed by atoms with Gasteiger partial charge in [0.15, 0.2) is 0 Å². The van der Waals surface area contributed by atoms with E-state index in [1.807, 2.05) is 0 Å². The number of rotatable bonds is 18. The Morgan fingerprint density at radius 1 is 0.565 bits per heavy atom. The van der Waals surface area contributed by atoms with Crippen molar-refractivity contribution < 1.29 is 9.90 Å². The van der Waals surface area contributed by atoms with Crippen molar-refractivity contribution in [3.63, 3.8) is 0 Å². The van der Waals surface area contributed by atoms with Crippen LogP contribution in [0.1, 0.15) is 122 Å². The zero-order valence-corrected chi connectivity index (χ0v) is 17.2. The first-order chi connectivity index (χ1) is 10.8. The first-order valence-corrected chi connectivity index (χ1v) is 9.99. The van der Waals surface area contributed by atoms with Gasteiger partial charge < -0.3 is 5.11 Å². The van der Waals surface area contributed by atoms with E-state index < -0.39 is 5.97 Å². The molecule has 0 saturated heterocycles. The number of unbranched alkanes of at least 4 members (excludes halogenated alkanes) is 16. The molecule has 0 heterocycles. The van der Waals surface area contributed by atoms with Crippen molar-refractivity contribution in [2.45, 2.75) is 122 Å². The largest absolute Gasteiger partial charge is 0.481 e. The van der Waals surface area contributed by atoms with Crippen molar-refractivity contribution >= 4 is 29.0 Å². The second kappa shape index (κ2) is 22.2. The fourth-order valence-corrected chi connectivity index (χ4v) is 3.00. The van der Waals surface area contributed by atoms with Gasteiger partial charge in [-0.05, 0) is 6.42 Å². The Kier molecular flexibility index (Phi) is 24.6. The lowest BCUT2D eigenvalue weighted by atomic mass is 10.0. The lowest BCUT2D eigenvalue weighted by Gasteiger charge is -2.03. The molecule has 0 spiro atoms. The van der Waals surface area contributed by atoms with Gasteiger partial charge >= 0.3 is 5.97 Å². The number of hydrogen-bond donors (Lipinski definition) is 1. The minimum Gasteiger partial charge on any atom is -0.481 e. The quantitative estimate of drug-likeness (QED) is 0.222. The van der Waals surface area contributed by atoms with Gasteiger partial charge in [0.2, 0.25) is 0 Å². The van der Waals surface area contributed by atoms with Crippen molar-refractivity contribution in [2.75, 3.05) is 0 Å². The van der Waals surface area contributed by atoms with E-state index in [1.54, 1.807) is 0 Å². The molecule has 0 unspecified atom stereocenters. The van der Waals surface area contributed by atoms with Crippen molar-refractivity contribution in [1.82, 2.24) is 0 Å². The lowest BCUT2D eigenvalue weighted by molar-refractivity contribution is -0.137. The van der Waals surface area contributed by atoms with E-state index in [0.717, 1.165) is 12.8 Å². The number of aliphatic carboxylic acids is 1. The molecule has 0 aliphatic carbocycles. The summed E-state index contributed by atoms with van der Waals surface area (Å²) in [5.74, 6) is -0.652. The first kappa shape index (κ1) is 25.5. The topological polar surface area (TPSA) is 37.3 Å². The third kappa shape index (κ3) is 24.6. The van der Waals surface area contributed by atoms with E-state index in [9.17, 15) is 4.79 Å². The summed E-state index contributed by atoms with van der Waals surface area (Å²) in [6.45, 7) is 2.28. The zero-order valence-electron chi connectivity index (χ0n) is 15.8. The molecule has 2 radical (unpaired) electrons. The summed E-state index contributed by atoms with van der Waals surface area (Å²) in [4.78, 5) is 10.4. The Morgan fingerprint density at radius 3 is 1.09 bits per heavy atom. The summed E-state index contributed by atoms with van der Waals surface area (Å²) in [7, 11) is 0. The average molecular weight is 337 g/mol. The van der Waals surface area contributed by atoms with Gasteiger partial charge in [0.1, 0.15) is 0 Å². The van der Waals surface area contributed by atoms with Crippen LogP contribution < -0.4 is 0 Å². The molecule has 0 amide bonds. The number of carboxylic acid groups (broad SMARTS) is 1. The van der Waals surface area contributed by atoms with Gasteiger partial charge in [0, 0.05) is 29.5 Å². The molecule has 0 aromatic carbocycles. The van der Waals surface area contributed by atoms with Crippen LogP contribution in [0.5, 0.6) is 0 Å². The predicted molar refractivity (Wildman–Crippen MR) is 102 cm³/mol. The van der Waals surface area contributed by atoms with Crippen LogP contribution in [0.4, 0.5) is 0 Å². The molecule has 0 aliphatic rings. The summed E-state index contributed by atoms with van der Waals surface area (Å²) >= 11 is 0. The maximum Gasteiger partial charge on any atom is 0.303 e. The van der Waals surface area contributed by atoms with Gasteiger partial charge in [0.25, 0.3) is 0 Å². The Hall–Kier alpha value is 0.236. The molecule has 0 fully saturated rings. The summed E-state index contributed by atoms with van der Waals surface area (Å²) in [5, 5.41) is 8.54. The standard InChI is InChI=1S/C20H40O2.Mg/c1-2-3-4-5-6-7-8-9-10-11-12-13-14-15-16-17-18-19-20(21)22;/h2-19H2,1H3,(H,21,22);. The first-order valence-electron chi connectivity index (χ1n) is 9.99. The van der Waals surface area contributed by atoms with E-state index in [0.29, 0.717) is 6.42 Å². The van der Waals surface area contributed by atoms with Crippen LogP contribution in [-0.4, -0.2) is 34.1 Å². The van der Waals surface area contributed by atoms with E-state index in [-0.39, 0.29) is 23.1 Å². The van der Waals surface area contributed by atoms with Gasteiger partial charge in [0.05, 0.1) is 0 Å². The molecule has 0 aromatic rings. The van der Waals surface area contributed by atoms with Crippen LogP contribution in [0.15, 0.2) is 0 Å². The van der Waals surface area contributed by atoms with E-state index >= 15 is 0 Å². The number of carbonyl (C=O) groups is 1. The van der Waals surface area contributed by atoms with E-state index in [1.165, 1.54) is 96.3 Å². The summed E-state index contributed by atoms with van der Waals surface area (Å²) in [6.07, 6.45) is 23.1. The monoisotopic (exact) mass is 336 g/mol. The van der Waals surface area contributed by atoms with Crippen molar-refractivity contribution in [2.24, 2.45) is 0 Å². The second-order valence-electron chi connectivity index (χ2n) is 6.80. The normalized spacial score (nSPS) is 10.5. The Balaban J connectivity index is 0. The van der Waals surface area contributed by atoms with Crippen LogP contribution in [0.25, 0.3) is 0 Å². The molecule has 0 saturated carbocycles. The summed E-state index contributed by atoms with van der Waals surface area (Å²) < 4.78 is 0. The van der Waals surface area contributed by atoms with Gasteiger partial charge in [-0.1, -0.05) is 110 Å². The molecule has 0 rings (SSSR count). The van der Waals surface area contributed by atoms with Crippen molar-refractivity contribution in [3.05, 3.63) is 0 Å². The molecule has 0 atom stereocenters. The molecular weight excluding hydrogens is 297 g/mol. The highest BCUT2D eigenvalue weighted by molar-refractivity contribution is 5.75. The summed E-state index contributed by atoms with van der Waals surface area (Å²) in [6, 6.07) is 0. The number of carboxylic acids is 1. The highest BCUT2D eigenvalue weighted by atomic mass is 24.3. The Morgan fingerprint density at radius 2 is 0.826 bits per heavy atom. The van der Waals surface area contributed by atoms with Gasteiger partial charge in [-0.15, -0.1) is 0 Å². The van der Waals surface area contributed by atoms with Crippen LogP contribution >= 0.6 is 0 Å². The smallest absolute Gasteiger partial charge is 0.303 e. The van der Waals surface area contributed by atoms with Crippen LogP contribution in [0, 0.1) is 0 Å². The third-order valence-electron chi connectivity index (χ3n) is 4.49. The number of hydrogen-bond acceptors (Lipinski definition) is 1. The predicted octanol–water partition coefficient (Wildman–Crippen LogP) is 6.73. The molecule has 0 bridgehead atoms. The molecule has 23 heavy (non-hydrogen) atoms. The Bertz CT molecular complexity index is 232. The van der Waals surface area contributed by atoms with Crippen LogP contribution in [0.2, 0.25) is 0 Å². The SMILES string of the molecule is CCCCCCCCCCCCCCCCCCCC(=O)O.[Mg]. The Labute approximate surface area is 161 Å². The minimum atomic E-state index is -0.652. The van der Waals surface area contributed by atoms with E-state index in [4.69, 9.17) is 5.11 Å². The minimum absolute atomic E-state index is 0. The zero-order chi connectivity index (χ0) is 16.3. The average Bonchev–Trinajstić information content (AvgIpc) is 2.50. The highest BCUT2D eigenvalue weighted by Gasteiger charge is 1.97. The maximum absolute atomic E-state index is 10.4. The highest BCUT2D eigenvalue weighted by Crippen LogP contribution is 2.14. The maximum atomic E-state index is 10.4. The molecule has 1 N–H and O–H groups in total. The van der Waals surface area contributed by atoms with Crippen LogP contribution in [0.3, 0.4) is 0 Å². The van der Waals surface area contributed by atoms with Gasteiger partial charge in [-0.2, -0.15) is 0 Å². The van der Waals surface area contributed by atoms with Gasteiger partial charge in [-0.3, -0.25) is 4.79 Å². The molecule has 0 aliphatic heterocycles. The van der Waals surface area contributed by atoms with Crippen LogP contribution in [-0.2, 0) is 4.79 Å². The summed E-state index contributed by atoms with van der Waals surface area (Å²) in [5.41, 5.74) is 0. The second-order valence-corrected chi connectivity index (χ2v) is 6.80. The molecular formula is C20H40MgO2. The lowest BCUT2D eigenvalue weighted by Crippen LogP contribution is -1.93. The molecule has 134 valence electrons. The fourth-order valence-electron chi connectivity index (χ4n) is 3.00.